The van der Waals surface area contributed by atoms with Crippen molar-refractivity contribution in [3.63, 3.8) is 0 Å². The number of hydrogen-bond donors (Lipinski definition) is 1. The topological polar surface area (TPSA) is 63.4 Å². The maximum absolute atomic E-state index is 13.7. The van der Waals surface area contributed by atoms with E-state index >= 15 is 0 Å². The summed E-state index contributed by atoms with van der Waals surface area (Å²) >= 11 is 1.54. The quantitative estimate of drug-likeness (QED) is 0.857. The van der Waals surface area contributed by atoms with Crippen LogP contribution < -0.4 is 5.73 Å². The second-order valence-electron chi connectivity index (χ2n) is 3.79. The summed E-state index contributed by atoms with van der Waals surface area (Å²) in [5.41, 5.74) is 5.94. The van der Waals surface area contributed by atoms with Crippen LogP contribution in [0.2, 0.25) is 0 Å². The minimum Gasteiger partial charge on any atom is -0.326 e. The first-order chi connectivity index (χ1) is 8.43. The summed E-state index contributed by atoms with van der Waals surface area (Å²) in [7, 11) is -2.32. The monoisotopic (exact) mass is 292 g/mol. The van der Waals surface area contributed by atoms with Crippen LogP contribution in [0.5, 0.6) is 0 Å². The van der Waals surface area contributed by atoms with Gasteiger partial charge in [0.15, 0.2) is 0 Å². The third kappa shape index (κ3) is 3.44. The average molecular weight is 292 g/mol. The van der Waals surface area contributed by atoms with Crippen molar-refractivity contribution >= 4 is 21.8 Å². The molecule has 4 nitrogen and oxygen atoms in total. The van der Waals surface area contributed by atoms with Gasteiger partial charge in [0.2, 0.25) is 10.0 Å². The molecular formula is C11H17FN2O2S2. The minimum absolute atomic E-state index is 0.180. The van der Waals surface area contributed by atoms with Crippen molar-refractivity contribution in [2.45, 2.75) is 11.4 Å². The van der Waals surface area contributed by atoms with E-state index in [2.05, 4.69) is 0 Å². The lowest BCUT2D eigenvalue weighted by molar-refractivity contribution is 0.479. The third-order valence-electron chi connectivity index (χ3n) is 2.53. The Labute approximate surface area is 111 Å². The molecule has 18 heavy (non-hydrogen) atoms. The lowest BCUT2D eigenvalue weighted by Gasteiger charge is -2.17. The van der Waals surface area contributed by atoms with Gasteiger partial charge >= 0.3 is 0 Å². The average Bonchev–Trinajstić information content (AvgIpc) is 2.35. The second-order valence-corrected chi connectivity index (χ2v) is 6.79. The molecule has 0 atom stereocenters. The number of halogens is 1. The number of nitrogens with two attached hydrogens (primary N) is 1. The molecular weight excluding hydrogens is 275 g/mol. The molecule has 2 N–H and O–H groups in total. The zero-order valence-corrected chi connectivity index (χ0v) is 12.0. The van der Waals surface area contributed by atoms with Gasteiger partial charge in [-0.25, -0.2) is 17.1 Å². The van der Waals surface area contributed by atoms with Gasteiger partial charge < -0.3 is 5.73 Å². The number of benzene rings is 1. The SMILES string of the molecule is CSCCN(C)S(=O)(=O)c1ccc(CN)cc1F. The Morgan fingerprint density at radius 2 is 2.11 bits per heavy atom. The molecule has 1 aromatic carbocycles. The number of thioether (sulfide) groups is 1. The zero-order valence-electron chi connectivity index (χ0n) is 10.4. The van der Waals surface area contributed by atoms with E-state index in [-0.39, 0.29) is 11.4 Å². The predicted octanol–water partition coefficient (Wildman–Crippen LogP) is 1.27. The summed E-state index contributed by atoms with van der Waals surface area (Å²) in [5, 5.41) is 0. The Morgan fingerprint density at radius 3 is 2.61 bits per heavy atom. The minimum atomic E-state index is -3.76. The number of rotatable bonds is 6. The fourth-order valence-electron chi connectivity index (χ4n) is 1.39. The largest absolute Gasteiger partial charge is 0.326 e. The van der Waals surface area contributed by atoms with Crippen molar-refractivity contribution in [1.29, 1.82) is 0 Å². The fourth-order valence-corrected chi connectivity index (χ4v) is 3.17. The summed E-state index contributed by atoms with van der Waals surface area (Å²) in [6, 6.07) is 3.95. The van der Waals surface area contributed by atoms with Gasteiger partial charge in [0.25, 0.3) is 0 Å². The van der Waals surface area contributed by atoms with E-state index in [4.69, 9.17) is 5.73 Å². The van der Waals surface area contributed by atoms with Crippen molar-refractivity contribution in [3.05, 3.63) is 29.6 Å². The molecule has 0 aromatic heterocycles. The van der Waals surface area contributed by atoms with Crippen molar-refractivity contribution in [3.8, 4) is 0 Å². The first-order valence-corrected chi connectivity index (χ1v) is 8.20. The third-order valence-corrected chi connectivity index (χ3v) is 5.01. The van der Waals surface area contributed by atoms with Gasteiger partial charge in [-0.2, -0.15) is 11.8 Å². The fraction of sp³-hybridized carbons (Fsp3) is 0.455. The van der Waals surface area contributed by atoms with E-state index in [1.807, 2.05) is 6.26 Å². The molecule has 1 rings (SSSR count). The van der Waals surface area contributed by atoms with Crippen LogP contribution in [-0.2, 0) is 16.6 Å². The van der Waals surface area contributed by atoms with Gasteiger partial charge in [0.1, 0.15) is 10.7 Å². The molecule has 7 heteroatoms. The number of sulfonamides is 1. The molecule has 0 heterocycles. The Bertz CT molecular complexity index is 506. The standard InChI is InChI=1S/C11H17FN2O2S2/c1-14(5-6-17-2)18(15,16)11-4-3-9(8-13)7-10(11)12/h3-4,7H,5-6,8,13H2,1-2H3. The molecule has 1 aromatic rings. The molecule has 0 saturated heterocycles. The summed E-state index contributed by atoms with van der Waals surface area (Å²) in [4.78, 5) is -0.302. The molecule has 0 aliphatic heterocycles. The zero-order chi connectivity index (χ0) is 13.8. The van der Waals surface area contributed by atoms with Crippen LogP contribution in [0.3, 0.4) is 0 Å². The molecule has 0 spiro atoms. The van der Waals surface area contributed by atoms with Gasteiger partial charge in [0, 0.05) is 25.9 Å². The van der Waals surface area contributed by atoms with E-state index < -0.39 is 15.8 Å². The Hall–Kier alpha value is -0.630. The molecule has 0 radical (unpaired) electrons. The maximum Gasteiger partial charge on any atom is 0.245 e. The van der Waals surface area contributed by atoms with Crippen LogP contribution in [0.4, 0.5) is 4.39 Å². The highest BCUT2D eigenvalue weighted by Crippen LogP contribution is 2.19. The Balaban J connectivity index is 3.05. The molecule has 0 bridgehead atoms. The Kier molecular flexibility index (Phi) is 5.58. The molecule has 0 unspecified atom stereocenters. The molecule has 0 aliphatic carbocycles. The van der Waals surface area contributed by atoms with Crippen molar-refractivity contribution < 1.29 is 12.8 Å². The van der Waals surface area contributed by atoms with Gasteiger partial charge in [0.05, 0.1) is 0 Å². The summed E-state index contributed by atoms with van der Waals surface area (Å²) in [5.74, 6) is -0.0907. The molecule has 102 valence electrons. The predicted molar refractivity (Wildman–Crippen MR) is 72.5 cm³/mol. The first-order valence-electron chi connectivity index (χ1n) is 5.37. The normalized spacial score (nSPS) is 12.1. The van der Waals surface area contributed by atoms with Crippen LogP contribution in [0.1, 0.15) is 5.56 Å². The van der Waals surface area contributed by atoms with Crippen LogP contribution in [-0.4, -0.2) is 38.3 Å². The number of nitrogens with zero attached hydrogens (tertiary/aromatic N) is 1. The van der Waals surface area contributed by atoms with Crippen LogP contribution in [0.25, 0.3) is 0 Å². The van der Waals surface area contributed by atoms with Gasteiger partial charge in [-0.1, -0.05) is 6.07 Å². The maximum atomic E-state index is 13.7. The smallest absolute Gasteiger partial charge is 0.245 e. The van der Waals surface area contributed by atoms with Crippen molar-refractivity contribution in [1.82, 2.24) is 4.31 Å². The van der Waals surface area contributed by atoms with E-state index in [0.29, 0.717) is 17.9 Å². The summed E-state index contributed by atoms with van der Waals surface area (Å²) in [6.45, 7) is 0.529. The van der Waals surface area contributed by atoms with Gasteiger partial charge in [-0.15, -0.1) is 0 Å². The van der Waals surface area contributed by atoms with Crippen molar-refractivity contribution in [2.75, 3.05) is 25.6 Å². The molecule has 0 saturated carbocycles. The van der Waals surface area contributed by atoms with Crippen molar-refractivity contribution in [2.24, 2.45) is 5.73 Å². The van der Waals surface area contributed by atoms with Crippen LogP contribution in [0.15, 0.2) is 23.1 Å². The first kappa shape index (κ1) is 15.4. The van der Waals surface area contributed by atoms with Gasteiger partial charge in [-0.3, -0.25) is 0 Å². The summed E-state index contributed by atoms with van der Waals surface area (Å²) < 4.78 is 39.1. The van der Waals surface area contributed by atoms with E-state index in [9.17, 15) is 12.8 Å². The highest BCUT2D eigenvalue weighted by atomic mass is 32.2. The van der Waals surface area contributed by atoms with Crippen LogP contribution in [0, 0.1) is 5.82 Å². The van der Waals surface area contributed by atoms with Gasteiger partial charge in [-0.05, 0) is 24.0 Å². The van der Waals surface area contributed by atoms with E-state index in [0.717, 1.165) is 10.4 Å². The molecule has 0 aliphatic rings. The Morgan fingerprint density at radius 1 is 1.44 bits per heavy atom. The van der Waals surface area contributed by atoms with E-state index in [1.165, 1.54) is 30.9 Å². The molecule has 0 fully saturated rings. The lowest BCUT2D eigenvalue weighted by atomic mass is 10.2. The van der Waals surface area contributed by atoms with Crippen LogP contribution >= 0.6 is 11.8 Å². The number of hydrogen-bond acceptors (Lipinski definition) is 4. The summed E-state index contributed by atoms with van der Waals surface area (Å²) in [6.07, 6.45) is 1.89. The second kappa shape index (κ2) is 6.51. The highest BCUT2D eigenvalue weighted by Gasteiger charge is 2.24. The molecule has 0 amide bonds. The lowest BCUT2D eigenvalue weighted by Crippen LogP contribution is -2.29. The van der Waals surface area contributed by atoms with E-state index in [1.54, 1.807) is 0 Å². The highest BCUT2D eigenvalue weighted by molar-refractivity contribution is 7.98.